The standard InChI is InChI=1S/C10H9BrN4OS/c11-7-1-2-17-10(7)9(16)8-5-15(14-13-8)6-3-12-4-6/h1-2,5-6,12H,3-4H2. The van der Waals surface area contributed by atoms with Crippen molar-refractivity contribution >= 4 is 33.0 Å². The Bertz CT molecular complexity index is 560. The van der Waals surface area contributed by atoms with Crippen LogP contribution in [0.4, 0.5) is 0 Å². The van der Waals surface area contributed by atoms with Gasteiger partial charge in [-0.2, -0.15) is 0 Å². The SMILES string of the molecule is O=C(c1cn(C2CNC2)nn1)c1sccc1Br. The molecule has 2 aromatic rings. The number of thiophene rings is 1. The molecule has 0 unspecified atom stereocenters. The number of hydrogen-bond donors (Lipinski definition) is 1. The molecule has 5 nitrogen and oxygen atoms in total. The molecule has 0 aromatic carbocycles. The molecule has 1 aliphatic rings. The van der Waals surface area contributed by atoms with Crippen LogP contribution in [0.25, 0.3) is 0 Å². The highest BCUT2D eigenvalue weighted by molar-refractivity contribution is 9.10. The first-order valence-corrected chi connectivity index (χ1v) is 6.83. The average molecular weight is 313 g/mol. The van der Waals surface area contributed by atoms with E-state index in [0.717, 1.165) is 17.6 Å². The number of halogens is 1. The number of nitrogens with zero attached hydrogens (tertiary/aromatic N) is 3. The van der Waals surface area contributed by atoms with Crippen LogP contribution in [-0.2, 0) is 0 Å². The van der Waals surface area contributed by atoms with Gasteiger partial charge >= 0.3 is 0 Å². The molecule has 0 spiro atoms. The highest BCUT2D eigenvalue weighted by Crippen LogP contribution is 2.25. The number of carbonyl (C=O) groups excluding carboxylic acids is 1. The number of nitrogens with one attached hydrogen (secondary N) is 1. The number of carbonyl (C=O) groups is 1. The van der Waals surface area contributed by atoms with Gasteiger partial charge in [0.2, 0.25) is 5.78 Å². The molecule has 1 saturated heterocycles. The smallest absolute Gasteiger partial charge is 0.225 e. The second kappa shape index (κ2) is 4.32. The molecular weight excluding hydrogens is 304 g/mol. The number of hydrogen-bond acceptors (Lipinski definition) is 5. The van der Waals surface area contributed by atoms with Crippen molar-refractivity contribution in [1.82, 2.24) is 20.3 Å². The van der Waals surface area contributed by atoms with Crippen LogP contribution in [0.5, 0.6) is 0 Å². The maximum atomic E-state index is 12.1. The lowest BCUT2D eigenvalue weighted by Crippen LogP contribution is -2.43. The zero-order valence-electron chi connectivity index (χ0n) is 8.76. The van der Waals surface area contributed by atoms with E-state index in [1.54, 1.807) is 10.9 Å². The third-order valence-electron chi connectivity index (χ3n) is 2.70. The molecule has 17 heavy (non-hydrogen) atoms. The van der Waals surface area contributed by atoms with Gasteiger partial charge in [0.15, 0.2) is 5.69 Å². The first-order chi connectivity index (χ1) is 8.25. The molecule has 0 radical (unpaired) electrons. The zero-order chi connectivity index (χ0) is 11.8. The Balaban J connectivity index is 1.86. The Hall–Kier alpha value is -1.05. The van der Waals surface area contributed by atoms with Gasteiger partial charge in [-0.1, -0.05) is 5.21 Å². The van der Waals surface area contributed by atoms with Crippen molar-refractivity contribution < 1.29 is 4.79 Å². The van der Waals surface area contributed by atoms with Gasteiger partial charge in [-0.15, -0.1) is 16.4 Å². The second-order valence-electron chi connectivity index (χ2n) is 3.82. The summed E-state index contributed by atoms with van der Waals surface area (Å²) in [5.74, 6) is -0.0783. The molecule has 3 rings (SSSR count). The van der Waals surface area contributed by atoms with Crippen LogP contribution in [0.1, 0.15) is 21.4 Å². The topological polar surface area (TPSA) is 59.8 Å². The summed E-state index contributed by atoms with van der Waals surface area (Å²) in [6.07, 6.45) is 1.72. The number of aromatic nitrogens is 3. The summed E-state index contributed by atoms with van der Waals surface area (Å²) in [6, 6.07) is 2.19. The van der Waals surface area contributed by atoms with Gasteiger partial charge in [-0.3, -0.25) is 4.79 Å². The van der Waals surface area contributed by atoms with Crippen molar-refractivity contribution in [2.45, 2.75) is 6.04 Å². The largest absolute Gasteiger partial charge is 0.312 e. The predicted molar refractivity (Wildman–Crippen MR) is 67.4 cm³/mol. The van der Waals surface area contributed by atoms with Crippen LogP contribution in [0.15, 0.2) is 22.1 Å². The van der Waals surface area contributed by atoms with Crippen LogP contribution in [0.2, 0.25) is 0 Å². The normalized spacial score (nSPS) is 15.8. The van der Waals surface area contributed by atoms with Gasteiger partial charge in [0.05, 0.1) is 17.1 Å². The van der Waals surface area contributed by atoms with Gasteiger partial charge in [-0.05, 0) is 27.4 Å². The van der Waals surface area contributed by atoms with Gasteiger partial charge < -0.3 is 5.32 Å². The lowest BCUT2D eigenvalue weighted by atomic mass is 10.2. The highest BCUT2D eigenvalue weighted by Gasteiger charge is 2.23. The lowest BCUT2D eigenvalue weighted by Gasteiger charge is -2.26. The molecule has 0 atom stereocenters. The molecule has 0 aliphatic carbocycles. The maximum Gasteiger partial charge on any atom is 0.225 e. The minimum absolute atomic E-state index is 0.0783. The molecule has 1 aliphatic heterocycles. The Morgan fingerprint density at radius 2 is 2.41 bits per heavy atom. The van der Waals surface area contributed by atoms with Crippen molar-refractivity contribution in [2.24, 2.45) is 0 Å². The van der Waals surface area contributed by atoms with Crippen LogP contribution >= 0.6 is 27.3 Å². The number of rotatable bonds is 3. The quantitative estimate of drug-likeness (QED) is 0.872. The van der Waals surface area contributed by atoms with E-state index < -0.39 is 0 Å². The van der Waals surface area contributed by atoms with E-state index in [9.17, 15) is 4.79 Å². The fraction of sp³-hybridized carbons (Fsp3) is 0.300. The van der Waals surface area contributed by atoms with Crippen LogP contribution < -0.4 is 5.32 Å². The molecular formula is C10H9BrN4OS. The third kappa shape index (κ3) is 1.94. The summed E-state index contributed by atoms with van der Waals surface area (Å²) in [7, 11) is 0. The van der Waals surface area contributed by atoms with Crippen molar-refractivity contribution in [1.29, 1.82) is 0 Å². The molecule has 88 valence electrons. The van der Waals surface area contributed by atoms with Crippen molar-refractivity contribution in [3.8, 4) is 0 Å². The third-order valence-corrected chi connectivity index (χ3v) is 4.54. The summed E-state index contributed by atoms with van der Waals surface area (Å²) in [6.45, 7) is 1.78. The Kier molecular flexibility index (Phi) is 2.81. The van der Waals surface area contributed by atoms with Crippen molar-refractivity contribution in [2.75, 3.05) is 13.1 Å². The number of ketones is 1. The molecule has 2 aromatic heterocycles. The van der Waals surface area contributed by atoms with Gasteiger partial charge in [-0.25, -0.2) is 4.68 Å². The van der Waals surface area contributed by atoms with Crippen LogP contribution in [0.3, 0.4) is 0 Å². The van der Waals surface area contributed by atoms with Gasteiger partial charge in [0.25, 0.3) is 0 Å². The molecule has 1 fully saturated rings. The fourth-order valence-corrected chi connectivity index (χ4v) is 3.09. The van der Waals surface area contributed by atoms with Crippen molar-refractivity contribution in [3.63, 3.8) is 0 Å². The lowest BCUT2D eigenvalue weighted by molar-refractivity contribution is 0.103. The van der Waals surface area contributed by atoms with E-state index in [2.05, 4.69) is 31.6 Å². The van der Waals surface area contributed by atoms with Crippen LogP contribution in [0, 0.1) is 0 Å². The van der Waals surface area contributed by atoms with Crippen molar-refractivity contribution in [3.05, 3.63) is 32.7 Å². The molecule has 0 amide bonds. The Morgan fingerprint density at radius 1 is 1.59 bits per heavy atom. The van der Waals surface area contributed by atoms with E-state index in [-0.39, 0.29) is 5.78 Å². The van der Waals surface area contributed by atoms with E-state index in [4.69, 9.17) is 0 Å². The monoisotopic (exact) mass is 312 g/mol. The van der Waals surface area contributed by atoms with Crippen LogP contribution in [-0.4, -0.2) is 33.9 Å². The first-order valence-electron chi connectivity index (χ1n) is 5.16. The van der Waals surface area contributed by atoms with Gasteiger partial charge in [0, 0.05) is 17.6 Å². The maximum absolute atomic E-state index is 12.1. The summed E-state index contributed by atoms with van der Waals surface area (Å²) >= 11 is 4.75. The molecule has 0 bridgehead atoms. The van der Waals surface area contributed by atoms with E-state index in [0.29, 0.717) is 16.6 Å². The minimum Gasteiger partial charge on any atom is -0.312 e. The summed E-state index contributed by atoms with van der Waals surface area (Å²) < 4.78 is 2.57. The predicted octanol–water partition coefficient (Wildman–Crippen LogP) is 1.48. The summed E-state index contributed by atoms with van der Waals surface area (Å²) in [5.41, 5.74) is 0.403. The van der Waals surface area contributed by atoms with E-state index >= 15 is 0 Å². The summed E-state index contributed by atoms with van der Waals surface area (Å²) in [5, 5.41) is 13.0. The van der Waals surface area contributed by atoms with E-state index in [1.807, 2.05) is 11.4 Å². The molecule has 1 N–H and O–H groups in total. The average Bonchev–Trinajstić information content (AvgIpc) is 2.84. The van der Waals surface area contributed by atoms with Gasteiger partial charge in [0.1, 0.15) is 0 Å². The second-order valence-corrected chi connectivity index (χ2v) is 5.59. The summed E-state index contributed by atoms with van der Waals surface area (Å²) in [4.78, 5) is 12.8. The first kappa shape index (κ1) is 11.1. The zero-order valence-corrected chi connectivity index (χ0v) is 11.2. The fourth-order valence-electron chi connectivity index (χ4n) is 1.59. The van der Waals surface area contributed by atoms with E-state index in [1.165, 1.54) is 11.3 Å². The minimum atomic E-state index is -0.0783. The molecule has 3 heterocycles. The molecule has 0 saturated carbocycles. The molecule has 7 heteroatoms. The Labute approximate surface area is 110 Å². The highest BCUT2D eigenvalue weighted by atomic mass is 79.9. The Morgan fingerprint density at radius 3 is 3.00 bits per heavy atom.